The van der Waals surface area contributed by atoms with Gasteiger partial charge >= 0.3 is 6.18 Å². The average molecular weight is 297 g/mol. The minimum absolute atomic E-state index is 0.0221. The molecule has 104 valence electrons. The molecule has 1 unspecified atom stereocenters. The summed E-state index contributed by atoms with van der Waals surface area (Å²) in [5, 5.41) is 0. The Labute approximate surface area is 104 Å². The van der Waals surface area contributed by atoms with Crippen molar-refractivity contribution in [3.05, 3.63) is 0 Å². The minimum atomic E-state index is -4.33. The molecule has 0 aromatic carbocycles. The number of rotatable bonds is 8. The Bertz CT molecular complexity index is 303. The van der Waals surface area contributed by atoms with Crippen LogP contribution >= 0.6 is 10.7 Å². The highest BCUT2D eigenvalue weighted by atomic mass is 35.7. The van der Waals surface area contributed by atoms with Crippen LogP contribution < -0.4 is 0 Å². The third-order valence-electron chi connectivity index (χ3n) is 2.11. The lowest BCUT2D eigenvalue weighted by atomic mass is 10.2. The molecule has 1 atom stereocenters. The number of alkyl halides is 3. The predicted octanol–water partition coefficient (Wildman–Crippen LogP) is 3.08. The highest BCUT2D eigenvalue weighted by molar-refractivity contribution is 8.13. The molecule has 8 heteroatoms. The number of unbranched alkanes of at least 4 members (excludes halogenated alkanes) is 3. The molecule has 0 aliphatic heterocycles. The third-order valence-corrected chi connectivity index (χ3v) is 3.35. The zero-order valence-electron chi connectivity index (χ0n) is 9.46. The van der Waals surface area contributed by atoms with Crippen LogP contribution in [0.3, 0.4) is 0 Å². The first-order valence-corrected chi connectivity index (χ1v) is 7.71. The average Bonchev–Trinajstić information content (AvgIpc) is 2.12. The number of hydrogen-bond acceptors (Lipinski definition) is 3. The monoisotopic (exact) mass is 296 g/mol. The zero-order valence-corrected chi connectivity index (χ0v) is 11.0. The van der Waals surface area contributed by atoms with Crippen LogP contribution in [0.15, 0.2) is 0 Å². The first-order chi connectivity index (χ1) is 7.63. The maximum Gasteiger partial charge on any atom is 0.414 e. The molecule has 0 fully saturated rings. The van der Waals surface area contributed by atoms with Gasteiger partial charge in [0.05, 0.1) is 5.75 Å². The van der Waals surface area contributed by atoms with E-state index in [0.717, 1.165) is 6.92 Å². The lowest BCUT2D eigenvalue weighted by Crippen LogP contribution is -2.28. The maximum absolute atomic E-state index is 12.0. The Hall–Kier alpha value is -0.0100. The van der Waals surface area contributed by atoms with Gasteiger partial charge in [-0.3, -0.25) is 0 Å². The summed E-state index contributed by atoms with van der Waals surface area (Å²) in [5.41, 5.74) is 0. The van der Waals surface area contributed by atoms with E-state index < -0.39 is 21.3 Å². The Balaban J connectivity index is 3.42. The molecule has 0 saturated carbocycles. The van der Waals surface area contributed by atoms with E-state index in [1.54, 1.807) is 0 Å². The molecule has 0 radical (unpaired) electrons. The summed E-state index contributed by atoms with van der Waals surface area (Å²) in [4.78, 5) is 0. The summed E-state index contributed by atoms with van der Waals surface area (Å²) in [6.07, 6.45) is -3.96. The Kier molecular flexibility index (Phi) is 7.43. The number of halogens is 4. The van der Waals surface area contributed by atoms with Crippen LogP contribution in [0, 0.1) is 0 Å². The maximum atomic E-state index is 12.0. The molecule has 0 rings (SSSR count). The van der Waals surface area contributed by atoms with Gasteiger partial charge in [-0.25, -0.2) is 8.42 Å². The molecule has 17 heavy (non-hydrogen) atoms. The summed E-state index contributed by atoms with van der Waals surface area (Å²) in [7, 11) is 1.53. The van der Waals surface area contributed by atoms with E-state index in [0.29, 0.717) is 25.7 Å². The van der Waals surface area contributed by atoms with E-state index >= 15 is 0 Å². The van der Waals surface area contributed by atoms with E-state index in [1.165, 1.54) is 0 Å². The summed E-state index contributed by atoms with van der Waals surface area (Å²) < 4.78 is 61.7. The van der Waals surface area contributed by atoms with Crippen molar-refractivity contribution < 1.29 is 26.3 Å². The molecule has 0 aromatic heterocycles. The van der Waals surface area contributed by atoms with Gasteiger partial charge in [0.2, 0.25) is 9.05 Å². The highest BCUT2D eigenvalue weighted by Gasteiger charge is 2.36. The van der Waals surface area contributed by atoms with Crippen LogP contribution in [0.2, 0.25) is 0 Å². The SMILES string of the molecule is CC(OCCCCCCS(=O)(=O)Cl)C(F)(F)F. The second-order valence-electron chi connectivity index (χ2n) is 3.71. The van der Waals surface area contributed by atoms with Gasteiger partial charge in [-0.15, -0.1) is 0 Å². The molecule has 0 aliphatic carbocycles. The van der Waals surface area contributed by atoms with Crippen LogP contribution in [0.1, 0.15) is 32.6 Å². The van der Waals surface area contributed by atoms with Gasteiger partial charge in [0, 0.05) is 17.3 Å². The normalized spacial score (nSPS) is 14.9. The van der Waals surface area contributed by atoms with E-state index in [-0.39, 0.29) is 12.4 Å². The van der Waals surface area contributed by atoms with Crippen LogP contribution in [-0.2, 0) is 13.8 Å². The molecule has 0 saturated heterocycles. The highest BCUT2D eigenvalue weighted by Crippen LogP contribution is 2.22. The summed E-state index contributed by atoms with van der Waals surface area (Å²) in [5.74, 6) is -0.103. The minimum Gasteiger partial charge on any atom is -0.369 e. The lowest BCUT2D eigenvalue weighted by molar-refractivity contribution is -0.214. The van der Waals surface area contributed by atoms with Crippen LogP contribution in [0.25, 0.3) is 0 Å². The number of hydrogen-bond donors (Lipinski definition) is 0. The van der Waals surface area contributed by atoms with Gasteiger partial charge in [-0.2, -0.15) is 13.2 Å². The predicted molar refractivity (Wildman–Crippen MR) is 59.6 cm³/mol. The Morgan fingerprint density at radius 2 is 1.71 bits per heavy atom. The largest absolute Gasteiger partial charge is 0.414 e. The molecule has 0 spiro atoms. The van der Waals surface area contributed by atoms with E-state index in [2.05, 4.69) is 4.74 Å². The van der Waals surface area contributed by atoms with Gasteiger partial charge < -0.3 is 4.74 Å². The summed E-state index contributed by atoms with van der Waals surface area (Å²) in [6.45, 7) is 0.981. The molecule has 0 heterocycles. The van der Waals surface area contributed by atoms with Crippen LogP contribution in [-0.4, -0.2) is 33.1 Å². The van der Waals surface area contributed by atoms with Crippen LogP contribution in [0.4, 0.5) is 13.2 Å². The fraction of sp³-hybridized carbons (Fsp3) is 1.00. The molecule has 3 nitrogen and oxygen atoms in total. The molecular weight excluding hydrogens is 281 g/mol. The van der Waals surface area contributed by atoms with Crippen molar-refractivity contribution in [1.82, 2.24) is 0 Å². The topological polar surface area (TPSA) is 43.4 Å². The van der Waals surface area contributed by atoms with Gasteiger partial charge in [-0.05, 0) is 19.8 Å². The number of ether oxygens (including phenoxy) is 1. The first-order valence-electron chi connectivity index (χ1n) is 5.23. The van der Waals surface area contributed by atoms with Gasteiger partial charge in [0.25, 0.3) is 0 Å². The zero-order chi connectivity index (χ0) is 13.5. The van der Waals surface area contributed by atoms with Crippen molar-refractivity contribution in [2.75, 3.05) is 12.4 Å². The Morgan fingerprint density at radius 3 is 2.18 bits per heavy atom. The fourth-order valence-electron chi connectivity index (χ4n) is 1.08. The van der Waals surface area contributed by atoms with Crippen LogP contribution in [0.5, 0.6) is 0 Å². The molecule has 0 aliphatic rings. The molecule has 0 N–H and O–H groups in total. The van der Waals surface area contributed by atoms with Gasteiger partial charge in [0.1, 0.15) is 0 Å². The molecule has 0 amide bonds. The smallest absolute Gasteiger partial charge is 0.369 e. The molecular formula is C9H16ClF3O3S. The summed E-state index contributed by atoms with van der Waals surface area (Å²) in [6, 6.07) is 0. The van der Waals surface area contributed by atoms with Crippen molar-refractivity contribution in [3.8, 4) is 0 Å². The summed E-state index contributed by atoms with van der Waals surface area (Å²) >= 11 is 0. The fourth-order valence-corrected chi connectivity index (χ4v) is 1.96. The Morgan fingerprint density at radius 1 is 1.18 bits per heavy atom. The van der Waals surface area contributed by atoms with Crippen molar-refractivity contribution >= 4 is 19.7 Å². The third kappa shape index (κ3) is 10.8. The van der Waals surface area contributed by atoms with Gasteiger partial charge in [-0.1, -0.05) is 12.8 Å². The van der Waals surface area contributed by atoms with E-state index in [9.17, 15) is 21.6 Å². The van der Waals surface area contributed by atoms with Crippen molar-refractivity contribution in [1.29, 1.82) is 0 Å². The second kappa shape index (κ2) is 7.43. The first kappa shape index (κ1) is 17.0. The standard InChI is InChI=1S/C9H16ClF3O3S/c1-8(9(11,12)13)16-6-4-2-3-5-7-17(10,14)15/h8H,2-7H2,1H3. The molecule has 0 aromatic rings. The second-order valence-corrected chi connectivity index (χ2v) is 6.61. The van der Waals surface area contributed by atoms with Gasteiger partial charge in [0.15, 0.2) is 6.10 Å². The van der Waals surface area contributed by atoms with Crippen molar-refractivity contribution in [3.63, 3.8) is 0 Å². The van der Waals surface area contributed by atoms with E-state index in [4.69, 9.17) is 10.7 Å². The van der Waals surface area contributed by atoms with E-state index in [1.807, 2.05) is 0 Å². The lowest BCUT2D eigenvalue weighted by Gasteiger charge is -2.16. The quantitative estimate of drug-likeness (QED) is 0.511. The van der Waals surface area contributed by atoms with Crippen molar-refractivity contribution in [2.24, 2.45) is 0 Å². The van der Waals surface area contributed by atoms with Crippen molar-refractivity contribution in [2.45, 2.75) is 44.9 Å². The molecule has 0 bridgehead atoms.